The molecule has 94 valence electrons. The van der Waals surface area contributed by atoms with Crippen molar-refractivity contribution >= 4 is 0 Å². The molecule has 1 N–H and O–H groups in total. The van der Waals surface area contributed by atoms with Crippen LogP contribution in [-0.2, 0) is 0 Å². The fourth-order valence-electron chi connectivity index (χ4n) is 3.76. The van der Waals surface area contributed by atoms with Crippen LogP contribution in [0.4, 0.5) is 0 Å². The monoisotopic (exact) mass is 225 g/mol. The second-order valence-electron chi connectivity index (χ2n) is 7.01. The molecular weight excluding hydrogens is 198 g/mol. The average molecular weight is 225 g/mol. The fraction of sp³-hybridized carbons (Fsp3) is 1.00. The second kappa shape index (κ2) is 4.30. The van der Waals surface area contributed by atoms with Crippen LogP contribution in [0, 0.1) is 10.8 Å². The molecule has 0 radical (unpaired) electrons. The van der Waals surface area contributed by atoms with Gasteiger partial charge in [-0.3, -0.25) is 4.90 Å². The van der Waals surface area contributed by atoms with Crippen molar-refractivity contribution in [1.82, 2.24) is 4.90 Å². The van der Waals surface area contributed by atoms with Crippen molar-refractivity contribution in [3.05, 3.63) is 0 Å². The molecule has 2 nitrogen and oxygen atoms in total. The van der Waals surface area contributed by atoms with Gasteiger partial charge in [0.1, 0.15) is 0 Å². The van der Waals surface area contributed by atoms with Crippen molar-refractivity contribution in [3.63, 3.8) is 0 Å². The van der Waals surface area contributed by atoms with Crippen LogP contribution in [0.3, 0.4) is 0 Å². The molecule has 0 aromatic rings. The van der Waals surface area contributed by atoms with Crippen molar-refractivity contribution in [1.29, 1.82) is 0 Å². The maximum Gasteiger partial charge on any atom is 0.0446 e. The summed E-state index contributed by atoms with van der Waals surface area (Å²) in [5, 5.41) is 9.20. The highest BCUT2D eigenvalue weighted by Crippen LogP contribution is 2.48. The van der Waals surface area contributed by atoms with E-state index in [1.807, 2.05) is 0 Å². The molecule has 0 bridgehead atoms. The Morgan fingerprint density at radius 2 is 1.75 bits per heavy atom. The zero-order chi connectivity index (χ0) is 11.8. The minimum Gasteiger partial charge on any atom is -0.396 e. The number of likely N-dealkylation sites (tertiary alicyclic amines) is 1. The second-order valence-corrected chi connectivity index (χ2v) is 7.01. The molecule has 1 unspecified atom stereocenters. The topological polar surface area (TPSA) is 23.5 Å². The van der Waals surface area contributed by atoms with E-state index in [1.165, 1.54) is 38.8 Å². The SMILES string of the molecule is CC(C)(C)C(CCO)N1CC2(CCCC2)C1. The number of aliphatic hydroxyl groups is 1. The van der Waals surface area contributed by atoms with Crippen LogP contribution in [-0.4, -0.2) is 35.7 Å². The molecule has 2 heteroatoms. The normalized spacial score (nSPS) is 27.0. The van der Waals surface area contributed by atoms with Crippen molar-refractivity contribution in [2.45, 2.75) is 58.9 Å². The summed E-state index contributed by atoms with van der Waals surface area (Å²) in [5.41, 5.74) is 0.974. The zero-order valence-electron chi connectivity index (χ0n) is 11.1. The predicted octanol–water partition coefficient (Wildman–Crippen LogP) is 2.66. The van der Waals surface area contributed by atoms with Crippen LogP contribution >= 0.6 is 0 Å². The van der Waals surface area contributed by atoms with Gasteiger partial charge in [0.15, 0.2) is 0 Å². The van der Waals surface area contributed by atoms with Gasteiger partial charge in [0.25, 0.3) is 0 Å². The van der Waals surface area contributed by atoms with E-state index in [-0.39, 0.29) is 0 Å². The van der Waals surface area contributed by atoms with Crippen LogP contribution < -0.4 is 0 Å². The molecule has 1 spiro atoms. The van der Waals surface area contributed by atoms with Crippen LogP contribution in [0.2, 0.25) is 0 Å². The van der Waals surface area contributed by atoms with Crippen molar-refractivity contribution in [2.24, 2.45) is 10.8 Å². The quantitative estimate of drug-likeness (QED) is 0.798. The first-order chi connectivity index (χ1) is 7.47. The van der Waals surface area contributed by atoms with E-state index in [4.69, 9.17) is 0 Å². The Bertz CT molecular complexity index is 230. The molecule has 1 saturated heterocycles. The molecule has 2 rings (SSSR count). The Hall–Kier alpha value is -0.0800. The lowest BCUT2D eigenvalue weighted by molar-refractivity contribution is -0.0654. The molecule has 2 aliphatic rings. The van der Waals surface area contributed by atoms with E-state index in [1.54, 1.807) is 0 Å². The maximum absolute atomic E-state index is 9.20. The van der Waals surface area contributed by atoms with Gasteiger partial charge in [-0.05, 0) is 30.1 Å². The number of hydrogen-bond donors (Lipinski definition) is 1. The zero-order valence-corrected chi connectivity index (χ0v) is 11.1. The predicted molar refractivity (Wildman–Crippen MR) is 67.4 cm³/mol. The first kappa shape index (κ1) is 12.4. The van der Waals surface area contributed by atoms with Crippen LogP contribution in [0.25, 0.3) is 0 Å². The molecule has 2 fully saturated rings. The summed E-state index contributed by atoms with van der Waals surface area (Å²) in [5.74, 6) is 0. The van der Waals surface area contributed by atoms with E-state index >= 15 is 0 Å². The number of aliphatic hydroxyl groups excluding tert-OH is 1. The minimum atomic E-state index is 0.295. The van der Waals surface area contributed by atoms with Gasteiger partial charge in [0.2, 0.25) is 0 Å². The molecule has 1 heterocycles. The first-order valence-corrected chi connectivity index (χ1v) is 6.82. The van der Waals surface area contributed by atoms with E-state index in [9.17, 15) is 5.11 Å². The Morgan fingerprint density at radius 1 is 1.19 bits per heavy atom. The Kier molecular flexibility index (Phi) is 3.33. The van der Waals surface area contributed by atoms with Gasteiger partial charge in [0, 0.05) is 25.7 Å². The van der Waals surface area contributed by atoms with Crippen LogP contribution in [0.15, 0.2) is 0 Å². The molecule has 1 aliphatic carbocycles. The lowest BCUT2D eigenvalue weighted by atomic mass is 9.73. The summed E-state index contributed by atoms with van der Waals surface area (Å²) >= 11 is 0. The van der Waals surface area contributed by atoms with Gasteiger partial charge >= 0.3 is 0 Å². The largest absolute Gasteiger partial charge is 0.396 e. The van der Waals surface area contributed by atoms with E-state index in [2.05, 4.69) is 25.7 Å². The number of nitrogens with zero attached hydrogens (tertiary/aromatic N) is 1. The third-order valence-corrected chi connectivity index (χ3v) is 4.58. The molecule has 0 aromatic carbocycles. The fourth-order valence-corrected chi connectivity index (χ4v) is 3.76. The Labute approximate surface area is 100 Å². The Balaban J connectivity index is 1.92. The number of hydrogen-bond acceptors (Lipinski definition) is 2. The van der Waals surface area contributed by atoms with Crippen LogP contribution in [0.1, 0.15) is 52.9 Å². The van der Waals surface area contributed by atoms with Gasteiger partial charge in [-0.15, -0.1) is 0 Å². The van der Waals surface area contributed by atoms with Gasteiger partial charge in [-0.25, -0.2) is 0 Å². The van der Waals surface area contributed by atoms with E-state index in [0.29, 0.717) is 23.5 Å². The van der Waals surface area contributed by atoms with Gasteiger partial charge < -0.3 is 5.11 Å². The van der Waals surface area contributed by atoms with E-state index < -0.39 is 0 Å². The number of rotatable bonds is 3. The summed E-state index contributed by atoms with van der Waals surface area (Å²) in [6.45, 7) is 9.79. The highest BCUT2D eigenvalue weighted by molar-refractivity contribution is 5.01. The molecule has 1 aliphatic heterocycles. The Morgan fingerprint density at radius 3 is 2.19 bits per heavy atom. The van der Waals surface area contributed by atoms with Crippen molar-refractivity contribution < 1.29 is 5.11 Å². The molecular formula is C14H27NO. The van der Waals surface area contributed by atoms with Crippen molar-refractivity contribution in [2.75, 3.05) is 19.7 Å². The van der Waals surface area contributed by atoms with Crippen LogP contribution in [0.5, 0.6) is 0 Å². The van der Waals surface area contributed by atoms with Crippen molar-refractivity contribution in [3.8, 4) is 0 Å². The molecule has 1 saturated carbocycles. The minimum absolute atomic E-state index is 0.295. The summed E-state index contributed by atoms with van der Waals surface area (Å²) in [6, 6.07) is 0.559. The lowest BCUT2D eigenvalue weighted by Gasteiger charge is -2.55. The molecule has 1 atom stereocenters. The summed E-state index contributed by atoms with van der Waals surface area (Å²) < 4.78 is 0. The van der Waals surface area contributed by atoms with Gasteiger partial charge in [-0.2, -0.15) is 0 Å². The molecule has 0 amide bonds. The lowest BCUT2D eigenvalue weighted by Crippen LogP contribution is -2.61. The molecule has 0 aromatic heterocycles. The smallest absolute Gasteiger partial charge is 0.0446 e. The summed E-state index contributed by atoms with van der Waals surface area (Å²) in [6.07, 6.45) is 6.70. The average Bonchev–Trinajstić information content (AvgIpc) is 2.58. The summed E-state index contributed by atoms with van der Waals surface area (Å²) in [4.78, 5) is 2.61. The molecule has 16 heavy (non-hydrogen) atoms. The third-order valence-electron chi connectivity index (χ3n) is 4.58. The van der Waals surface area contributed by atoms with E-state index in [0.717, 1.165) is 6.42 Å². The standard InChI is InChI=1S/C14H27NO/c1-13(2,3)12(6-9-16)15-10-14(11-15)7-4-5-8-14/h12,16H,4-11H2,1-3H3. The third kappa shape index (κ3) is 2.28. The highest BCUT2D eigenvalue weighted by atomic mass is 16.3. The summed E-state index contributed by atoms with van der Waals surface area (Å²) in [7, 11) is 0. The van der Waals surface area contributed by atoms with Gasteiger partial charge in [0.05, 0.1) is 0 Å². The highest BCUT2D eigenvalue weighted by Gasteiger charge is 2.48. The first-order valence-electron chi connectivity index (χ1n) is 6.82. The maximum atomic E-state index is 9.20. The van der Waals surface area contributed by atoms with Gasteiger partial charge in [-0.1, -0.05) is 33.6 Å².